The molecular weight excluding hydrogens is 222 g/mol. The molecule has 0 bridgehead atoms. The van der Waals surface area contributed by atoms with Crippen LogP contribution >= 0.6 is 0 Å². The summed E-state index contributed by atoms with van der Waals surface area (Å²) in [6.07, 6.45) is 3.00. The van der Waals surface area contributed by atoms with E-state index in [4.69, 9.17) is 4.74 Å². The molecule has 5 heteroatoms. The van der Waals surface area contributed by atoms with Crippen molar-refractivity contribution in [2.75, 3.05) is 7.11 Å². The zero-order chi connectivity index (χ0) is 13.5. The van der Waals surface area contributed by atoms with Crippen LogP contribution < -0.4 is 5.32 Å². The number of methoxy groups -OCH3 is 1. The summed E-state index contributed by atoms with van der Waals surface area (Å²) in [5.74, 6) is -0.385. The Bertz CT molecular complexity index is 291. The molecule has 5 nitrogen and oxygen atoms in total. The van der Waals surface area contributed by atoms with E-state index in [9.17, 15) is 9.59 Å². The molecule has 0 aliphatic heterocycles. The molecule has 0 radical (unpaired) electrons. The number of rotatable bonds is 4. The van der Waals surface area contributed by atoms with Gasteiger partial charge in [0, 0.05) is 0 Å². The second kappa shape index (κ2) is 6.93. The van der Waals surface area contributed by atoms with Crippen LogP contribution in [0, 0.1) is 0 Å². The van der Waals surface area contributed by atoms with Crippen molar-refractivity contribution in [3.63, 3.8) is 0 Å². The standard InChI is InChI=1S/C12H21NO4/c1-6-7-9(8-10(14)16-5)13-11(15)17-12(2,3)4/h6-7,9H,8H2,1-5H3,(H,13,15)/b7-6+. The Hall–Kier alpha value is -1.52. The maximum atomic E-state index is 11.5. The van der Waals surface area contributed by atoms with Gasteiger partial charge in [-0.3, -0.25) is 4.79 Å². The van der Waals surface area contributed by atoms with E-state index in [-0.39, 0.29) is 12.4 Å². The Morgan fingerprint density at radius 1 is 1.35 bits per heavy atom. The lowest BCUT2D eigenvalue weighted by Crippen LogP contribution is -2.39. The molecule has 1 N–H and O–H groups in total. The Morgan fingerprint density at radius 3 is 2.35 bits per heavy atom. The third-order valence-corrected chi connectivity index (χ3v) is 1.74. The molecule has 1 amide bonds. The van der Waals surface area contributed by atoms with E-state index >= 15 is 0 Å². The predicted octanol–water partition coefficient (Wildman–Crippen LogP) is 2.02. The molecule has 0 aromatic carbocycles. The number of hydrogen-bond acceptors (Lipinski definition) is 4. The van der Waals surface area contributed by atoms with Crippen molar-refractivity contribution in [3.8, 4) is 0 Å². The van der Waals surface area contributed by atoms with E-state index in [1.54, 1.807) is 39.8 Å². The van der Waals surface area contributed by atoms with Crippen LogP contribution in [0.1, 0.15) is 34.1 Å². The first kappa shape index (κ1) is 15.5. The maximum Gasteiger partial charge on any atom is 0.408 e. The van der Waals surface area contributed by atoms with E-state index in [0.717, 1.165) is 0 Å². The average Bonchev–Trinajstić information content (AvgIpc) is 2.14. The smallest absolute Gasteiger partial charge is 0.408 e. The fraction of sp³-hybridized carbons (Fsp3) is 0.667. The first-order valence-electron chi connectivity index (χ1n) is 5.47. The van der Waals surface area contributed by atoms with Crippen molar-refractivity contribution in [2.45, 2.75) is 45.8 Å². The van der Waals surface area contributed by atoms with Crippen molar-refractivity contribution in [3.05, 3.63) is 12.2 Å². The van der Waals surface area contributed by atoms with Gasteiger partial charge in [0.1, 0.15) is 5.60 Å². The molecule has 0 aromatic heterocycles. The molecule has 1 unspecified atom stereocenters. The summed E-state index contributed by atoms with van der Waals surface area (Å²) in [5, 5.41) is 2.59. The van der Waals surface area contributed by atoms with Gasteiger partial charge in [-0.15, -0.1) is 0 Å². The van der Waals surface area contributed by atoms with Crippen molar-refractivity contribution in [2.24, 2.45) is 0 Å². The third kappa shape index (κ3) is 8.30. The molecule has 1 atom stereocenters. The Kier molecular flexibility index (Phi) is 6.31. The van der Waals surface area contributed by atoms with Crippen LogP contribution in [0.3, 0.4) is 0 Å². The number of alkyl carbamates (subject to hydrolysis) is 1. The molecule has 0 saturated carbocycles. The molecule has 0 aromatic rings. The second-order valence-electron chi connectivity index (χ2n) is 4.56. The number of hydrogen-bond donors (Lipinski definition) is 1. The number of amides is 1. The minimum absolute atomic E-state index is 0.0834. The van der Waals surface area contributed by atoms with Crippen LogP contribution in [0.4, 0.5) is 4.79 Å². The van der Waals surface area contributed by atoms with Crippen LogP contribution in [-0.4, -0.2) is 30.8 Å². The molecule has 0 fully saturated rings. The van der Waals surface area contributed by atoms with Gasteiger partial charge in [-0.25, -0.2) is 4.79 Å². The molecule has 0 saturated heterocycles. The highest BCUT2D eigenvalue weighted by Crippen LogP contribution is 2.07. The molecule has 98 valence electrons. The van der Waals surface area contributed by atoms with E-state index in [1.165, 1.54) is 7.11 Å². The highest BCUT2D eigenvalue weighted by Gasteiger charge is 2.19. The zero-order valence-electron chi connectivity index (χ0n) is 11.1. The summed E-state index contributed by atoms with van der Waals surface area (Å²) in [5.41, 5.74) is -0.560. The van der Waals surface area contributed by atoms with Gasteiger partial charge in [0.15, 0.2) is 0 Å². The van der Waals surface area contributed by atoms with Gasteiger partial charge in [-0.2, -0.15) is 0 Å². The molecule has 0 heterocycles. The number of carbonyl (C=O) groups excluding carboxylic acids is 2. The number of nitrogens with one attached hydrogen (secondary N) is 1. The predicted molar refractivity (Wildman–Crippen MR) is 64.6 cm³/mol. The van der Waals surface area contributed by atoms with E-state index in [0.29, 0.717) is 0 Å². The summed E-state index contributed by atoms with van der Waals surface area (Å²) in [6.45, 7) is 7.13. The van der Waals surface area contributed by atoms with Crippen LogP contribution in [-0.2, 0) is 14.3 Å². The van der Waals surface area contributed by atoms with Gasteiger partial charge in [0.05, 0.1) is 19.6 Å². The van der Waals surface area contributed by atoms with Gasteiger partial charge in [-0.05, 0) is 27.7 Å². The van der Waals surface area contributed by atoms with Crippen molar-refractivity contribution >= 4 is 12.1 Å². The van der Waals surface area contributed by atoms with Gasteiger partial charge in [0.2, 0.25) is 0 Å². The number of carbonyl (C=O) groups is 2. The maximum absolute atomic E-state index is 11.5. The fourth-order valence-corrected chi connectivity index (χ4v) is 1.12. The number of esters is 1. The Morgan fingerprint density at radius 2 is 1.94 bits per heavy atom. The van der Waals surface area contributed by atoms with Gasteiger partial charge < -0.3 is 14.8 Å². The Labute approximate surface area is 102 Å². The van der Waals surface area contributed by atoms with E-state index < -0.39 is 17.7 Å². The summed E-state index contributed by atoms with van der Waals surface area (Å²) in [6, 6.07) is -0.415. The molecule has 0 spiro atoms. The minimum Gasteiger partial charge on any atom is -0.469 e. The summed E-state index contributed by atoms with van der Waals surface area (Å²) in [4.78, 5) is 22.6. The lowest BCUT2D eigenvalue weighted by molar-refractivity contribution is -0.140. The van der Waals surface area contributed by atoms with Gasteiger partial charge in [-0.1, -0.05) is 12.2 Å². The Balaban J connectivity index is 4.35. The lowest BCUT2D eigenvalue weighted by Gasteiger charge is -2.21. The fourth-order valence-electron chi connectivity index (χ4n) is 1.12. The average molecular weight is 243 g/mol. The van der Waals surface area contributed by atoms with Gasteiger partial charge >= 0.3 is 12.1 Å². The third-order valence-electron chi connectivity index (χ3n) is 1.74. The van der Waals surface area contributed by atoms with Gasteiger partial charge in [0.25, 0.3) is 0 Å². The molecular formula is C12H21NO4. The SMILES string of the molecule is C/C=C/C(CC(=O)OC)NC(=O)OC(C)(C)C. The van der Waals surface area contributed by atoms with Crippen LogP contribution in [0.15, 0.2) is 12.2 Å². The normalized spacial score (nSPS) is 13.2. The minimum atomic E-state index is -0.560. The number of allylic oxidation sites excluding steroid dienone is 1. The van der Waals surface area contributed by atoms with Crippen molar-refractivity contribution in [1.82, 2.24) is 5.32 Å². The molecule has 0 aliphatic rings. The monoisotopic (exact) mass is 243 g/mol. The molecule has 0 aliphatic carbocycles. The van der Waals surface area contributed by atoms with Crippen molar-refractivity contribution < 1.29 is 19.1 Å². The first-order chi connectivity index (χ1) is 7.78. The first-order valence-corrected chi connectivity index (χ1v) is 5.47. The quantitative estimate of drug-likeness (QED) is 0.606. The summed E-state index contributed by atoms with van der Waals surface area (Å²) >= 11 is 0. The summed E-state index contributed by atoms with van der Waals surface area (Å²) in [7, 11) is 1.31. The van der Waals surface area contributed by atoms with Crippen LogP contribution in [0.5, 0.6) is 0 Å². The lowest BCUT2D eigenvalue weighted by atomic mass is 10.2. The second-order valence-corrected chi connectivity index (χ2v) is 4.56. The van der Waals surface area contributed by atoms with E-state index in [2.05, 4.69) is 10.1 Å². The van der Waals surface area contributed by atoms with Crippen LogP contribution in [0.2, 0.25) is 0 Å². The molecule has 17 heavy (non-hydrogen) atoms. The van der Waals surface area contributed by atoms with Crippen LogP contribution in [0.25, 0.3) is 0 Å². The largest absolute Gasteiger partial charge is 0.469 e. The molecule has 0 rings (SSSR count). The van der Waals surface area contributed by atoms with E-state index in [1.807, 2.05) is 0 Å². The topological polar surface area (TPSA) is 64.6 Å². The number of ether oxygens (including phenoxy) is 2. The highest BCUT2D eigenvalue weighted by atomic mass is 16.6. The summed E-state index contributed by atoms with van der Waals surface area (Å²) < 4.78 is 9.64. The highest BCUT2D eigenvalue weighted by molar-refractivity contribution is 5.73. The zero-order valence-corrected chi connectivity index (χ0v) is 11.1. The van der Waals surface area contributed by atoms with Crippen molar-refractivity contribution in [1.29, 1.82) is 0 Å².